The highest BCUT2D eigenvalue weighted by Crippen LogP contribution is 2.30. The largest absolute Gasteiger partial charge is 0.0999 e. The molecule has 0 aromatic heterocycles. The molecule has 0 aliphatic heterocycles. The maximum Gasteiger partial charge on any atom is -0.0204 e. The second-order valence-corrected chi connectivity index (χ2v) is 7.34. The van der Waals surface area contributed by atoms with Crippen LogP contribution in [0.2, 0.25) is 0 Å². The summed E-state index contributed by atoms with van der Waals surface area (Å²) in [6.07, 6.45) is 9.54. The minimum atomic E-state index is 0.744. The molecule has 0 nitrogen and oxygen atoms in total. The molecule has 0 heterocycles. The summed E-state index contributed by atoms with van der Waals surface area (Å²) in [6, 6.07) is 0. The van der Waals surface area contributed by atoms with Gasteiger partial charge in [-0.2, -0.15) is 0 Å². The predicted molar refractivity (Wildman–Crippen MR) is 89.5 cm³/mol. The van der Waals surface area contributed by atoms with Crippen molar-refractivity contribution in [2.45, 2.75) is 86.5 Å². The summed E-state index contributed by atoms with van der Waals surface area (Å²) in [5, 5.41) is 0. The summed E-state index contributed by atoms with van der Waals surface area (Å²) >= 11 is 0. The van der Waals surface area contributed by atoms with Gasteiger partial charge in [0.25, 0.3) is 0 Å². The van der Waals surface area contributed by atoms with E-state index in [9.17, 15) is 0 Å². The lowest BCUT2D eigenvalue weighted by molar-refractivity contribution is 0.324. The van der Waals surface area contributed by atoms with E-state index in [2.05, 4.69) is 48.1 Å². The van der Waals surface area contributed by atoms with Crippen LogP contribution in [-0.4, -0.2) is 0 Å². The topological polar surface area (TPSA) is 0 Å². The lowest BCUT2D eigenvalue weighted by Gasteiger charge is -2.25. The molecule has 0 aliphatic carbocycles. The fourth-order valence-corrected chi connectivity index (χ4v) is 2.88. The van der Waals surface area contributed by atoms with Crippen molar-refractivity contribution in [3.63, 3.8) is 0 Å². The Morgan fingerprint density at radius 1 is 0.895 bits per heavy atom. The van der Waals surface area contributed by atoms with Crippen LogP contribution < -0.4 is 0 Å². The quantitative estimate of drug-likeness (QED) is 0.358. The molecule has 0 fully saturated rings. The Bertz CT molecular complexity index is 226. The summed E-state index contributed by atoms with van der Waals surface area (Å²) in [5.41, 5.74) is 1.40. The zero-order chi connectivity index (χ0) is 14.8. The molecule has 0 heteroatoms. The normalized spacial score (nSPS) is 16.4. The maximum absolute atomic E-state index is 4.24. The van der Waals surface area contributed by atoms with Crippen molar-refractivity contribution >= 4 is 0 Å². The predicted octanol–water partition coefficient (Wildman–Crippen LogP) is 6.86. The standard InChI is InChI=1S/C19H38/c1-8-9-10-17(6)13-19(16(4)5)14-18(7)12-11-15(2)3/h15,17-19H,4,8-14H2,1-3,5-7H3. The molecule has 0 saturated heterocycles. The fraction of sp³-hybridized carbons (Fsp3) is 0.895. The van der Waals surface area contributed by atoms with Crippen LogP contribution in [0, 0.1) is 23.7 Å². The third-order valence-corrected chi connectivity index (χ3v) is 4.36. The highest BCUT2D eigenvalue weighted by Gasteiger charge is 2.17. The summed E-state index contributed by atoms with van der Waals surface area (Å²) in [4.78, 5) is 0. The molecule has 0 aromatic rings. The van der Waals surface area contributed by atoms with Crippen molar-refractivity contribution in [3.05, 3.63) is 12.2 Å². The third-order valence-electron chi connectivity index (χ3n) is 4.36. The van der Waals surface area contributed by atoms with E-state index in [-0.39, 0.29) is 0 Å². The van der Waals surface area contributed by atoms with E-state index < -0.39 is 0 Å². The number of hydrogen-bond acceptors (Lipinski definition) is 0. The molecular weight excluding hydrogens is 228 g/mol. The Kier molecular flexibility index (Phi) is 10.4. The van der Waals surface area contributed by atoms with E-state index in [1.165, 1.54) is 50.5 Å². The smallest absolute Gasteiger partial charge is 0.0204 e. The Morgan fingerprint density at radius 3 is 1.84 bits per heavy atom. The van der Waals surface area contributed by atoms with Crippen LogP contribution in [-0.2, 0) is 0 Å². The Hall–Kier alpha value is -0.260. The monoisotopic (exact) mass is 266 g/mol. The van der Waals surface area contributed by atoms with Crippen molar-refractivity contribution in [2.24, 2.45) is 23.7 Å². The molecule has 0 bridgehead atoms. The van der Waals surface area contributed by atoms with Gasteiger partial charge in [-0.15, -0.1) is 0 Å². The molecule has 0 aromatic carbocycles. The number of rotatable bonds is 11. The van der Waals surface area contributed by atoms with Gasteiger partial charge < -0.3 is 0 Å². The first-order valence-electron chi connectivity index (χ1n) is 8.52. The van der Waals surface area contributed by atoms with Crippen molar-refractivity contribution < 1.29 is 0 Å². The average molecular weight is 267 g/mol. The van der Waals surface area contributed by atoms with Gasteiger partial charge in [-0.3, -0.25) is 0 Å². The highest BCUT2D eigenvalue weighted by atomic mass is 14.2. The van der Waals surface area contributed by atoms with Gasteiger partial charge >= 0.3 is 0 Å². The molecule has 0 rings (SSSR count). The summed E-state index contributed by atoms with van der Waals surface area (Å²) < 4.78 is 0. The molecule has 19 heavy (non-hydrogen) atoms. The number of unbranched alkanes of at least 4 members (excludes halogenated alkanes) is 1. The minimum Gasteiger partial charge on any atom is -0.0999 e. The second-order valence-electron chi connectivity index (χ2n) is 7.34. The average Bonchev–Trinajstić information content (AvgIpc) is 2.32. The van der Waals surface area contributed by atoms with Gasteiger partial charge in [-0.1, -0.05) is 78.9 Å². The van der Waals surface area contributed by atoms with Crippen LogP contribution in [0.5, 0.6) is 0 Å². The van der Waals surface area contributed by atoms with E-state index in [0.29, 0.717) is 0 Å². The molecule has 0 saturated carbocycles. The third kappa shape index (κ3) is 10.2. The first-order chi connectivity index (χ1) is 8.86. The molecule has 0 N–H and O–H groups in total. The van der Waals surface area contributed by atoms with Crippen molar-refractivity contribution in [1.82, 2.24) is 0 Å². The lowest BCUT2D eigenvalue weighted by Crippen LogP contribution is -2.12. The van der Waals surface area contributed by atoms with Crippen LogP contribution in [0.4, 0.5) is 0 Å². The first kappa shape index (κ1) is 18.7. The zero-order valence-corrected chi connectivity index (χ0v) is 14.5. The van der Waals surface area contributed by atoms with E-state index in [1.807, 2.05) is 0 Å². The number of hydrogen-bond donors (Lipinski definition) is 0. The highest BCUT2D eigenvalue weighted by molar-refractivity contribution is 4.97. The van der Waals surface area contributed by atoms with E-state index in [1.54, 1.807) is 0 Å². The minimum absolute atomic E-state index is 0.744. The van der Waals surface area contributed by atoms with Crippen LogP contribution >= 0.6 is 0 Å². The van der Waals surface area contributed by atoms with E-state index in [0.717, 1.165) is 23.7 Å². The molecule has 3 atom stereocenters. The van der Waals surface area contributed by atoms with Crippen LogP contribution in [0.15, 0.2) is 12.2 Å². The van der Waals surface area contributed by atoms with Crippen LogP contribution in [0.3, 0.4) is 0 Å². The Balaban J connectivity index is 4.14. The molecule has 0 radical (unpaired) electrons. The van der Waals surface area contributed by atoms with Crippen molar-refractivity contribution in [3.8, 4) is 0 Å². The lowest BCUT2D eigenvalue weighted by atomic mass is 9.81. The Labute approximate surface area is 123 Å². The SMILES string of the molecule is C=C(C)C(CC(C)CCCC)CC(C)CCC(C)C. The summed E-state index contributed by atoms with van der Waals surface area (Å²) in [5.74, 6) is 3.30. The van der Waals surface area contributed by atoms with Gasteiger partial charge in [-0.25, -0.2) is 0 Å². The van der Waals surface area contributed by atoms with Gasteiger partial charge in [0.2, 0.25) is 0 Å². The summed E-state index contributed by atoms with van der Waals surface area (Å²) in [6.45, 7) is 18.3. The molecular formula is C19H38. The molecule has 0 aliphatic rings. The molecule has 114 valence electrons. The van der Waals surface area contributed by atoms with Gasteiger partial charge in [0.1, 0.15) is 0 Å². The van der Waals surface area contributed by atoms with Crippen LogP contribution in [0.25, 0.3) is 0 Å². The van der Waals surface area contributed by atoms with Gasteiger partial charge in [0.15, 0.2) is 0 Å². The Morgan fingerprint density at radius 2 is 1.42 bits per heavy atom. The van der Waals surface area contributed by atoms with E-state index >= 15 is 0 Å². The first-order valence-corrected chi connectivity index (χ1v) is 8.52. The zero-order valence-electron chi connectivity index (χ0n) is 14.5. The van der Waals surface area contributed by atoms with E-state index in [4.69, 9.17) is 0 Å². The molecule has 3 unspecified atom stereocenters. The van der Waals surface area contributed by atoms with Crippen molar-refractivity contribution in [1.29, 1.82) is 0 Å². The van der Waals surface area contributed by atoms with Gasteiger partial charge in [0, 0.05) is 0 Å². The van der Waals surface area contributed by atoms with Crippen molar-refractivity contribution in [2.75, 3.05) is 0 Å². The van der Waals surface area contributed by atoms with Gasteiger partial charge in [-0.05, 0) is 43.4 Å². The summed E-state index contributed by atoms with van der Waals surface area (Å²) in [7, 11) is 0. The van der Waals surface area contributed by atoms with Gasteiger partial charge in [0.05, 0.1) is 0 Å². The molecule has 0 amide bonds. The maximum atomic E-state index is 4.24. The second kappa shape index (κ2) is 10.5. The molecule has 0 spiro atoms. The number of allylic oxidation sites excluding steroid dienone is 1. The van der Waals surface area contributed by atoms with Crippen LogP contribution in [0.1, 0.15) is 86.5 Å². The fourth-order valence-electron chi connectivity index (χ4n) is 2.88.